The standard InChI is InChI=1S/C27H33N3O4/c1-17-7-5-10-21(18(17)2)28-26(32)27(3)16-29-22-11-12-34-24(22)14-23(29)25(31)30(27)15-19-8-6-9-20(13-19)33-4/h6,8-9,11-14,17-18,21H,5,7,10,15-16H2,1-4H3,(H,28,32). The van der Waals surface area contributed by atoms with E-state index in [-0.39, 0.29) is 17.9 Å². The molecule has 5 rings (SSSR count). The first-order valence-corrected chi connectivity index (χ1v) is 12.1. The topological polar surface area (TPSA) is 76.7 Å². The Morgan fingerprint density at radius 1 is 1.24 bits per heavy atom. The van der Waals surface area contributed by atoms with E-state index < -0.39 is 5.54 Å². The summed E-state index contributed by atoms with van der Waals surface area (Å²) in [7, 11) is 1.62. The molecule has 1 aliphatic carbocycles. The van der Waals surface area contributed by atoms with E-state index in [1.807, 2.05) is 41.8 Å². The summed E-state index contributed by atoms with van der Waals surface area (Å²) < 4.78 is 12.9. The van der Waals surface area contributed by atoms with Gasteiger partial charge < -0.3 is 23.9 Å². The fourth-order valence-corrected chi connectivity index (χ4v) is 5.58. The van der Waals surface area contributed by atoms with E-state index in [4.69, 9.17) is 9.15 Å². The third-order valence-corrected chi connectivity index (χ3v) is 8.04. The zero-order valence-electron chi connectivity index (χ0n) is 20.3. The zero-order chi connectivity index (χ0) is 24.0. The molecule has 0 spiro atoms. The smallest absolute Gasteiger partial charge is 0.271 e. The summed E-state index contributed by atoms with van der Waals surface area (Å²) in [6.45, 7) is 7.03. The highest BCUT2D eigenvalue weighted by molar-refractivity contribution is 6.02. The van der Waals surface area contributed by atoms with Gasteiger partial charge in [0, 0.05) is 24.7 Å². The average molecular weight is 464 g/mol. The normalized spacial score (nSPS) is 27.0. The highest BCUT2D eigenvalue weighted by Crippen LogP contribution is 2.35. The molecule has 1 saturated carbocycles. The fraction of sp³-hybridized carbons (Fsp3) is 0.481. The Labute approximate surface area is 200 Å². The monoisotopic (exact) mass is 463 g/mol. The molecule has 34 heavy (non-hydrogen) atoms. The minimum atomic E-state index is -1.06. The number of ether oxygens (including phenoxy) is 1. The van der Waals surface area contributed by atoms with Crippen LogP contribution >= 0.6 is 0 Å². The summed E-state index contributed by atoms with van der Waals surface area (Å²) >= 11 is 0. The Bertz CT molecular complexity index is 1230. The zero-order valence-corrected chi connectivity index (χ0v) is 20.3. The number of hydrogen-bond donors (Lipinski definition) is 1. The quantitative estimate of drug-likeness (QED) is 0.600. The van der Waals surface area contributed by atoms with Gasteiger partial charge in [0.05, 0.1) is 25.4 Å². The van der Waals surface area contributed by atoms with Gasteiger partial charge in [-0.3, -0.25) is 9.59 Å². The Hall–Kier alpha value is -3.22. The molecule has 180 valence electrons. The van der Waals surface area contributed by atoms with Crippen LogP contribution in [0.15, 0.2) is 47.1 Å². The number of hydrogen-bond acceptors (Lipinski definition) is 4. The Balaban J connectivity index is 1.52. The molecular weight excluding hydrogens is 430 g/mol. The number of nitrogens with zero attached hydrogens (tertiary/aromatic N) is 2. The highest BCUT2D eigenvalue weighted by Gasteiger charge is 2.48. The molecule has 0 saturated heterocycles. The van der Waals surface area contributed by atoms with E-state index in [2.05, 4.69) is 19.2 Å². The van der Waals surface area contributed by atoms with Crippen molar-refractivity contribution in [2.75, 3.05) is 7.11 Å². The second-order valence-corrected chi connectivity index (χ2v) is 10.1. The van der Waals surface area contributed by atoms with Crippen molar-refractivity contribution >= 4 is 22.9 Å². The van der Waals surface area contributed by atoms with Gasteiger partial charge in [-0.15, -0.1) is 0 Å². The van der Waals surface area contributed by atoms with Gasteiger partial charge in [0.2, 0.25) is 5.91 Å². The molecule has 3 heterocycles. The van der Waals surface area contributed by atoms with Crippen LogP contribution in [0.25, 0.3) is 11.1 Å². The van der Waals surface area contributed by atoms with Crippen molar-refractivity contribution in [2.24, 2.45) is 11.8 Å². The number of carbonyl (C=O) groups excluding carboxylic acids is 2. The first-order chi connectivity index (χ1) is 16.3. The molecule has 1 N–H and O–H groups in total. The van der Waals surface area contributed by atoms with Crippen molar-refractivity contribution in [3.8, 4) is 5.75 Å². The largest absolute Gasteiger partial charge is 0.497 e. The minimum absolute atomic E-state index is 0.106. The molecule has 1 aromatic carbocycles. The van der Waals surface area contributed by atoms with E-state index >= 15 is 0 Å². The summed E-state index contributed by atoms with van der Waals surface area (Å²) in [4.78, 5) is 29.5. The molecule has 4 unspecified atom stereocenters. The van der Waals surface area contributed by atoms with Crippen molar-refractivity contribution in [3.63, 3.8) is 0 Å². The molecule has 7 nitrogen and oxygen atoms in total. The van der Waals surface area contributed by atoms with E-state index in [9.17, 15) is 9.59 Å². The lowest BCUT2D eigenvalue weighted by molar-refractivity contribution is -0.134. The maximum absolute atomic E-state index is 13.9. The Morgan fingerprint density at radius 3 is 2.85 bits per heavy atom. The number of rotatable bonds is 5. The maximum atomic E-state index is 13.9. The van der Waals surface area contributed by atoms with Crippen LogP contribution in [0.1, 0.15) is 56.1 Å². The van der Waals surface area contributed by atoms with Crippen LogP contribution in [-0.2, 0) is 17.9 Å². The van der Waals surface area contributed by atoms with Gasteiger partial charge in [0.15, 0.2) is 5.58 Å². The SMILES string of the molecule is COc1cccc(CN2C(=O)c3cc4occc4n3CC2(C)C(=O)NC2CCCC(C)C2C)c1. The number of fused-ring (bicyclic) bond motifs is 3. The van der Waals surface area contributed by atoms with Gasteiger partial charge in [-0.25, -0.2) is 0 Å². The molecule has 2 aliphatic rings. The van der Waals surface area contributed by atoms with Crippen LogP contribution < -0.4 is 10.1 Å². The number of furan rings is 1. The van der Waals surface area contributed by atoms with Crippen molar-refractivity contribution in [1.82, 2.24) is 14.8 Å². The van der Waals surface area contributed by atoms with Crippen molar-refractivity contribution in [2.45, 2.75) is 64.7 Å². The molecule has 4 atom stereocenters. The van der Waals surface area contributed by atoms with Crippen molar-refractivity contribution < 1.29 is 18.7 Å². The number of aromatic nitrogens is 1. The highest BCUT2D eigenvalue weighted by atomic mass is 16.5. The molecule has 1 aliphatic heterocycles. The molecule has 7 heteroatoms. The van der Waals surface area contributed by atoms with Gasteiger partial charge in [-0.2, -0.15) is 0 Å². The first kappa shape index (κ1) is 22.6. The Morgan fingerprint density at radius 2 is 2.06 bits per heavy atom. The van der Waals surface area contributed by atoms with Gasteiger partial charge in [0.1, 0.15) is 17.0 Å². The van der Waals surface area contributed by atoms with E-state index in [1.54, 1.807) is 24.3 Å². The maximum Gasteiger partial charge on any atom is 0.271 e. The summed E-state index contributed by atoms with van der Waals surface area (Å²) in [5.74, 6) is 1.40. The van der Waals surface area contributed by atoms with E-state index in [0.717, 1.165) is 29.7 Å². The van der Waals surface area contributed by atoms with Crippen LogP contribution in [-0.4, -0.2) is 40.0 Å². The number of carbonyl (C=O) groups is 2. The molecule has 1 fully saturated rings. The lowest BCUT2D eigenvalue weighted by atomic mass is 9.77. The fourth-order valence-electron chi connectivity index (χ4n) is 5.58. The van der Waals surface area contributed by atoms with E-state index in [1.165, 1.54) is 6.42 Å². The minimum Gasteiger partial charge on any atom is -0.497 e. The summed E-state index contributed by atoms with van der Waals surface area (Å²) in [6.07, 6.45) is 4.89. The van der Waals surface area contributed by atoms with Crippen molar-refractivity contribution in [3.05, 3.63) is 53.9 Å². The second kappa shape index (κ2) is 8.53. The van der Waals surface area contributed by atoms with Gasteiger partial charge in [-0.1, -0.05) is 38.8 Å². The molecular formula is C27H33N3O4. The number of nitrogens with one attached hydrogen (secondary N) is 1. The van der Waals surface area contributed by atoms with Gasteiger partial charge >= 0.3 is 0 Å². The van der Waals surface area contributed by atoms with Crippen LogP contribution in [0.2, 0.25) is 0 Å². The van der Waals surface area contributed by atoms with Gasteiger partial charge in [0.25, 0.3) is 5.91 Å². The lowest BCUT2D eigenvalue weighted by Gasteiger charge is -2.45. The van der Waals surface area contributed by atoms with Crippen LogP contribution in [0.5, 0.6) is 5.75 Å². The third-order valence-electron chi connectivity index (χ3n) is 8.04. The lowest BCUT2D eigenvalue weighted by Crippen LogP contribution is -2.65. The first-order valence-electron chi connectivity index (χ1n) is 12.1. The summed E-state index contributed by atoms with van der Waals surface area (Å²) in [5, 5.41) is 3.34. The van der Waals surface area contributed by atoms with Crippen molar-refractivity contribution in [1.29, 1.82) is 0 Å². The molecule has 2 amide bonds. The van der Waals surface area contributed by atoms with Gasteiger partial charge in [-0.05, 0) is 42.9 Å². The second-order valence-electron chi connectivity index (χ2n) is 10.1. The molecule has 2 aromatic heterocycles. The average Bonchev–Trinajstić information content (AvgIpc) is 3.42. The van der Waals surface area contributed by atoms with Crippen LogP contribution in [0.4, 0.5) is 0 Å². The molecule has 0 bridgehead atoms. The molecule has 3 aromatic rings. The van der Waals surface area contributed by atoms with Crippen LogP contribution in [0.3, 0.4) is 0 Å². The summed E-state index contributed by atoms with van der Waals surface area (Å²) in [6, 6.07) is 11.4. The number of benzene rings is 1. The third kappa shape index (κ3) is 3.67. The Kier molecular flexibility index (Phi) is 5.66. The van der Waals surface area contributed by atoms with Crippen LogP contribution in [0, 0.1) is 11.8 Å². The number of amides is 2. The molecule has 0 radical (unpaired) electrons. The predicted octanol–water partition coefficient (Wildman–Crippen LogP) is 4.60. The van der Waals surface area contributed by atoms with E-state index in [0.29, 0.717) is 36.2 Å². The predicted molar refractivity (Wildman–Crippen MR) is 130 cm³/mol. The summed E-state index contributed by atoms with van der Waals surface area (Å²) in [5.41, 5.74) is 1.89. The number of methoxy groups -OCH3 is 1.